The molecule has 2 heterocycles. The molecule has 178 valence electrons. The zero-order valence-electron chi connectivity index (χ0n) is 19.0. The maximum Gasteiger partial charge on any atom is 0.325 e. The number of fused-ring (bicyclic) bond motifs is 1. The molecule has 0 aliphatic carbocycles. The van der Waals surface area contributed by atoms with Crippen LogP contribution in [0.3, 0.4) is 0 Å². The molecule has 2 aliphatic heterocycles. The number of nitrogens with one attached hydrogen (secondary N) is 3. The first kappa shape index (κ1) is 23.1. The first-order valence-electron chi connectivity index (χ1n) is 11.0. The van der Waals surface area contributed by atoms with Crippen molar-refractivity contribution in [3.05, 3.63) is 53.6 Å². The van der Waals surface area contributed by atoms with Crippen LogP contribution in [-0.2, 0) is 15.1 Å². The highest BCUT2D eigenvalue weighted by atomic mass is 16.5. The Morgan fingerprint density at radius 1 is 1.09 bits per heavy atom. The van der Waals surface area contributed by atoms with Crippen molar-refractivity contribution in [3.63, 3.8) is 0 Å². The molecule has 10 heteroatoms. The standard InChI is InChI=1S/C24H26N4O6/c1-3-25-21(30)15-6-4-7-17(12-15)26-20(29)14-28-22(31)24(2,27-23(28)32)16-8-9-18-19(13-16)34-11-5-10-33-18/h4,6-9,12-13H,3,5,10-11,14H2,1-2H3,(H,25,30)(H,26,29)(H,27,32)/t24-/m0/s1. The summed E-state index contributed by atoms with van der Waals surface area (Å²) in [5.41, 5.74) is -0.0732. The zero-order valence-corrected chi connectivity index (χ0v) is 19.0. The predicted molar refractivity (Wildman–Crippen MR) is 123 cm³/mol. The summed E-state index contributed by atoms with van der Waals surface area (Å²) in [7, 11) is 0. The third kappa shape index (κ3) is 4.52. The van der Waals surface area contributed by atoms with E-state index in [9.17, 15) is 19.2 Å². The van der Waals surface area contributed by atoms with Crippen molar-refractivity contribution in [2.45, 2.75) is 25.8 Å². The third-order valence-corrected chi connectivity index (χ3v) is 5.65. The number of carbonyl (C=O) groups is 4. The van der Waals surface area contributed by atoms with E-state index in [0.29, 0.717) is 48.1 Å². The fraction of sp³-hybridized carbons (Fsp3) is 0.333. The van der Waals surface area contributed by atoms with E-state index in [2.05, 4.69) is 16.0 Å². The van der Waals surface area contributed by atoms with Gasteiger partial charge < -0.3 is 25.4 Å². The van der Waals surface area contributed by atoms with Crippen LogP contribution in [-0.4, -0.2) is 55.0 Å². The molecule has 4 rings (SSSR count). The molecular weight excluding hydrogens is 440 g/mol. The second kappa shape index (κ2) is 9.42. The number of amides is 5. The van der Waals surface area contributed by atoms with Gasteiger partial charge in [0.15, 0.2) is 11.5 Å². The minimum Gasteiger partial charge on any atom is -0.490 e. The van der Waals surface area contributed by atoms with Crippen LogP contribution in [0.25, 0.3) is 0 Å². The fourth-order valence-electron chi connectivity index (χ4n) is 3.86. The van der Waals surface area contributed by atoms with Crippen LogP contribution in [0.5, 0.6) is 11.5 Å². The van der Waals surface area contributed by atoms with Crippen molar-refractivity contribution in [1.82, 2.24) is 15.5 Å². The normalized spacial score (nSPS) is 19.3. The molecule has 1 fully saturated rings. The Morgan fingerprint density at radius 2 is 1.85 bits per heavy atom. The largest absolute Gasteiger partial charge is 0.490 e. The molecule has 2 aromatic rings. The predicted octanol–water partition coefficient (Wildman–Crippen LogP) is 2.00. The lowest BCUT2D eigenvalue weighted by molar-refractivity contribution is -0.133. The summed E-state index contributed by atoms with van der Waals surface area (Å²) in [5.74, 6) is -0.314. The van der Waals surface area contributed by atoms with Gasteiger partial charge in [0.25, 0.3) is 11.8 Å². The van der Waals surface area contributed by atoms with Gasteiger partial charge in [-0.2, -0.15) is 0 Å². The van der Waals surface area contributed by atoms with Gasteiger partial charge in [0.2, 0.25) is 5.91 Å². The van der Waals surface area contributed by atoms with E-state index in [4.69, 9.17) is 9.47 Å². The number of carbonyl (C=O) groups excluding carboxylic acids is 4. The maximum atomic E-state index is 13.2. The minimum absolute atomic E-state index is 0.265. The topological polar surface area (TPSA) is 126 Å². The molecule has 0 bridgehead atoms. The zero-order chi connectivity index (χ0) is 24.3. The van der Waals surface area contributed by atoms with Crippen molar-refractivity contribution in [3.8, 4) is 11.5 Å². The number of anilines is 1. The molecule has 1 saturated heterocycles. The summed E-state index contributed by atoms with van der Waals surface area (Å²) < 4.78 is 11.3. The first-order chi connectivity index (χ1) is 16.3. The van der Waals surface area contributed by atoms with Crippen LogP contribution in [0, 0.1) is 0 Å². The lowest BCUT2D eigenvalue weighted by Crippen LogP contribution is -2.42. The molecule has 5 amide bonds. The summed E-state index contributed by atoms with van der Waals surface area (Å²) in [6, 6.07) is 10.8. The lowest BCUT2D eigenvalue weighted by Gasteiger charge is -2.23. The van der Waals surface area contributed by atoms with Gasteiger partial charge in [-0.25, -0.2) is 4.79 Å². The van der Waals surface area contributed by atoms with Gasteiger partial charge in [0.1, 0.15) is 12.1 Å². The molecule has 0 radical (unpaired) electrons. The van der Waals surface area contributed by atoms with Crippen molar-refractivity contribution in [1.29, 1.82) is 0 Å². The van der Waals surface area contributed by atoms with Crippen LogP contribution in [0.1, 0.15) is 36.2 Å². The molecule has 3 N–H and O–H groups in total. The van der Waals surface area contributed by atoms with Crippen LogP contribution >= 0.6 is 0 Å². The van der Waals surface area contributed by atoms with Crippen molar-refractivity contribution >= 4 is 29.4 Å². The number of benzene rings is 2. The highest BCUT2D eigenvalue weighted by Gasteiger charge is 2.49. The van der Waals surface area contributed by atoms with Crippen LogP contribution < -0.4 is 25.4 Å². The molecule has 2 aliphatic rings. The second-order valence-electron chi connectivity index (χ2n) is 8.15. The van der Waals surface area contributed by atoms with E-state index in [1.54, 1.807) is 43.3 Å². The number of hydrogen-bond acceptors (Lipinski definition) is 6. The number of urea groups is 1. The Labute approximate surface area is 196 Å². The summed E-state index contributed by atoms with van der Waals surface area (Å²) in [4.78, 5) is 51.3. The van der Waals surface area contributed by atoms with Crippen molar-refractivity contribution in [2.24, 2.45) is 0 Å². The molecule has 2 aromatic carbocycles. The summed E-state index contributed by atoms with van der Waals surface area (Å²) in [6.07, 6.45) is 0.742. The molecular formula is C24H26N4O6. The van der Waals surface area contributed by atoms with Crippen molar-refractivity contribution < 1.29 is 28.7 Å². The van der Waals surface area contributed by atoms with Gasteiger partial charge in [-0.1, -0.05) is 12.1 Å². The van der Waals surface area contributed by atoms with E-state index >= 15 is 0 Å². The van der Waals surface area contributed by atoms with Gasteiger partial charge >= 0.3 is 6.03 Å². The van der Waals surface area contributed by atoms with Crippen LogP contribution in [0.2, 0.25) is 0 Å². The van der Waals surface area contributed by atoms with Crippen LogP contribution in [0.4, 0.5) is 10.5 Å². The SMILES string of the molecule is CCNC(=O)c1cccc(NC(=O)CN2C(=O)N[C@@](C)(c3ccc4c(c3)OCCCO4)C2=O)c1. The number of hydrogen-bond donors (Lipinski definition) is 3. The van der Waals surface area contributed by atoms with E-state index in [1.807, 2.05) is 6.92 Å². The van der Waals surface area contributed by atoms with E-state index in [-0.39, 0.29) is 5.91 Å². The average Bonchev–Trinajstić information content (AvgIpc) is 2.98. The van der Waals surface area contributed by atoms with Gasteiger partial charge in [-0.3, -0.25) is 19.3 Å². The number of ether oxygens (including phenoxy) is 2. The maximum absolute atomic E-state index is 13.2. The van der Waals surface area contributed by atoms with Gasteiger partial charge in [0, 0.05) is 24.2 Å². The first-order valence-corrected chi connectivity index (χ1v) is 11.0. The molecule has 10 nitrogen and oxygen atoms in total. The molecule has 1 atom stereocenters. The molecule has 0 unspecified atom stereocenters. The highest BCUT2D eigenvalue weighted by molar-refractivity contribution is 6.10. The number of rotatable bonds is 6. The monoisotopic (exact) mass is 466 g/mol. The van der Waals surface area contributed by atoms with Crippen LogP contribution in [0.15, 0.2) is 42.5 Å². The van der Waals surface area contributed by atoms with E-state index in [0.717, 1.165) is 11.3 Å². The summed E-state index contributed by atoms with van der Waals surface area (Å²) in [5, 5.41) is 8.00. The highest BCUT2D eigenvalue weighted by Crippen LogP contribution is 2.36. The summed E-state index contributed by atoms with van der Waals surface area (Å²) in [6.45, 7) is 4.41. The summed E-state index contributed by atoms with van der Waals surface area (Å²) >= 11 is 0. The number of imide groups is 1. The average molecular weight is 466 g/mol. The second-order valence-corrected chi connectivity index (χ2v) is 8.15. The molecule has 0 spiro atoms. The molecule has 0 saturated carbocycles. The Kier molecular flexibility index (Phi) is 6.40. The lowest BCUT2D eigenvalue weighted by atomic mass is 9.91. The minimum atomic E-state index is -1.36. The van der Waals surface area contributed by atoms with Gasteiger partial charge in [0.05, 0.1) is 13.2 Å². The van der Waals surface area contributed by atoms with E-state index < -0.39 is 29.9 Å². The Morgan fingerprint density at radius 3 is 2.62 bits per heavy atom. The number of nitrogens with zero attached hydrogens (tertiary/aromatic N) is 1. The fourth-order valence-corrected chi connectivity index (χ4v) is 3.86. The Hall–Kier alpha value is -4.08. The van der Waals surface area contributed by atoms with Gasteiger partial charge in [-0.05, 0) is 49.7 Å². The Balaban J connectivity index is 1.47. The quantitative estimate of drug-likeness (QED) is 0.559. The van der Waals surface area contributed by atoms with E-state index in [1.165, 1.54) is 6.07 Å². The van der Waals surface area contributed by atoms with Crippen molar-refractivity contribution in [2.75, 3.05) is 31.6 Å². The molecule has 34 heavy (non-hydrogen) atoms. The molecule has 0 aromatic heterocycles. The van der Waals surface area contributed by atoms with Gasteiger partial charge in [-0.15, -0.1) is 0 Å². The Bertz CT molecular complexity index is 1150. The third-order valence-electron chi connectivity index (χ3n) is 5.65. The smallest absolute Gasteiger partial charge is 0.325 e.